The number of likely N-dealkylation sites (N-methyl/N-ethyl adjacent to an activating group) is 1. The van der Waals surface area contributed by atoms with Crippen molar-refractivity contribution in [1.29, 1.82) is 0 Å². The molecule has 6 rings (SSSR count). The molecule has 1 fully saturated rings. The van der Waals surface area contributed by atoms with E-state index in [0.717, 1.165) is 11.9 Å². The van der Waals surface area contributed by atoms with Gasteiger partial charge in [-0.15, -0.1) is 0 Å². The molecule has 3 aliphatic rings. The summed E-state index contributed by atoms with van der Waals surface area (Å²) < 4.78 is 71.2. The highest BCUT2D eigenvalue weighted by Gasteiger charge is 2.47. The summed E-state index contributed by atoms with van der Waals surface area (Å²) in [5.41, 5.74) is 0.472. The minimum atomic E-state index is -2.81. The molecule has 4 heterocycles. The summed E-state index contributed by atoms with van der Waals surface area (Å²) in [5, 5.41) is 0.448. The minimum absolute atomic E-state index is 0.0735. The Balaban J connectivity index is 1.75. The van der Waals surface area contributed by atoms with Gasteiger partial charge in [0.1, 0.15) is 6.04 Å². The molecule has 1 unspecified atom stereocenters. The zero-order valence-corrected chi connectivity index (χ0v) is 15.2. The Morgan fingerprint density at radius 2 is 2.03 bits per heavy atom. The van der Waals surface area contributed by atoms with Gasteiger partial charge in [0.05, 0.1) is 19.4 Å². The lowest BCUT2D eigenvalue weighted by Crippen LogP contribution is -2.62. The Labute approximate surface area is 176 Å². The molecule has 3 aliphatic heterocycles. The van der Waals surface area contributed by atoms with Crippen molar-refractivity contribution in [2.75, 3.05) is 20.3 Å². The van der Waals surface area contributed by atoms with Crippen molar-refractivity contribution in [2.45, 2.75) is 18.5 Å². The summed E-state index contributed by atoms with van der Waals surface area (Å²) in [6, 6.07) is 2.31. The average Bonchev–Trinajstić information content (AvgIpc) is 3.47. The summed E-state index contributed by atoms with van der Waals surface area (Å²) in [7, 11) is 1.10. The number of rotatable bonds is 1. The fourth-order valence-corrected chi connectivity index (χ4v) is 4.03. The fraction of sp³-hybridized carbons (Fsp3) is 0.273. The molecule has 2 atom stereocenters. The van der Waals surface area contributed by atoms with Gasteiger partial charge in [-0.05, 0) is 29.3 Å². The number of hydrogen-bond donors (Lipinski definition) is 1. The molecule has 29 heavy (non-hydrogen) atoms. The van der Waals surface area contributed by atoms with Crippen molar-refractivity contribution in [3.8, 4) is 11.5 Å². The molecule has 7 heteroatoms. The highest BCUT2D eigenvalue weighted by Crippen LogP contribution is 2.44. The number of nitrogens with one attached hydrogen (secondary N) is 1. The maximum Gasteiger partial charge on any atom is 0.245 e. The third kappa shape index (κ3) is 2.24. The van der Waals surface area contributed by atoms with Gasteiger partial charge in [-0.3, -0.25) is 9.59 Å². The number of amides is 2. The third-order valence-corrected chi connectivity index (χ3v) is 5.35. The van der Waals surface area contributed by atoms with Gasteiger partial charge in [0.25, 0.3) is 0 Å². The number of hydrogen-bond acceptors (Lipinski definition) is 4. The first-order valence-electron chi connectivity index (χ1n) is 12.5. The van der Waals surface area contributed by atoms with E-state index < -0.39 is 48.9 Å². The van der Waals surface area contributed by atoms with Crippen LogP contribution in [0.3, 0.4) is 0 Å². The normalized spacial score (nSPS) is 29.8. The average molecular weight is 396 g/mol. The van der Waals surface area contributed by atoms with Crippen molar-refractivity contribution >= 4 is 22.7 Å². The van der Waals surface area contributed by atoms with Crippen LogP contribution in [0.2, 0.25) is 0 Å². The number of nitrogens with zero attached hydrogens (tertiary/aromatic N) is 2. The van der Waals surface area contributed by atoms with Crippen molar-refractivity contribution < 1.29 is 28.7 Å². The molecule has 1 N–H and O–H groups in total. The Morgan fingerprint density at radius 1 is 1.21 bits per heavy atom. The van der Waals surface area contributed by atoms with Crippen molar-refractivity contribution in [3.63, 3.8) is 0 Å². The van der Waals surface area contributed by atoms with Crippen LogP contribution in [0.1, 0.15) is 32.5 Å². The van der Waals surface area contributed by atoms with Crippen LogP contribution in [-0.2, 0) is 16.0 Å². The van der Waals surface area contributed by atoms with Gasteiger partial charge < -0.3 is 24.3 Å². The molecular weight excluding hydrogens is 370 g/mol. The fourth-order valence-electron chi connectivity index (χ4n) is 4.03. The monoisotopic (exact) mass is 396 g/mol. The van der Waals surface area contributed by atoms with Crippen LogP contribution >= 0.6 is 0 Å². The number of H-pyrrole nitrogens is 1. The Morgan fingerprint density at radius 3 is 2.93 bits per heavy atom. The van der Waals surface area contributed by atoms with E-state index in [2.05, 4.69) is 4.98 Å². The number of aromatic nitrogens is 1. The maximum atomic E-state index is 13.6. The van der Waals surface area contributed by atoms with Crippen molar-refractivity contribution in [2.24, 2.45) is 0 Å². The van der Waals surface area contributed by atoms with Crippen LogP contribution in [0.15, 0.2) is 42.4 Å². The van der Waals surface area contributed by atoms with Gasteiger partial charge in [0, 0.05) is 32.8 Å². The molecule has 0 aliphatic carbocycles. The van der Waals surface area contributed by atoms with Gasteiger partial charge >= 0.3 is 0 Å². The molecular formula is C22H19N3O4. The largest absolute Gasteiger partial charge is 0.454 e. The third-order valence-electron chi connectivity index (χ3n) is 5.35. The smallest absolute Gasteiger partial charge is 0.245 e. The van der Waals surface area contributed by atoms with E-state index >= 15 is 0 Å². The molecule has 146 valence electrons. The highest BCUT2D eigenvalue weighted by molar-refractivity contribution is 5.97. The van der Waals surface area contributed by atoms with Crippen molar-refractivity contribution in [1.82, 2.24) is 14.8 Å². The van der Waals surface area contributed by atoms with E-state index in [1.165, 1.54) is 0 Å². The molecule has 0 bridgehead atoms. The van der Waals surface area contributed by atoms with E-state index in [4.69, 9.17) is 19.1 Å². The number of para-hydroxylation sites is 1. The first-order chi connectivity index (χ1) is 16.9. The predicted octanol–water partition coefficient (Wildman–Crippen LogP) is 2.21. The number of aromatic amines is 1. The zero-order valence-electron chi connectivity index (χ0n) is 22.2. The molecule has 0 radical (unpaired) electrons. The lowest BCUT2D eigenvalue weighted by atomic mass is 9.86. The van der Waals surface area contributed by atoms with Crippen LogP contribution < -0.4 is 9.47 Å². The molecule has 0 saturated carbocycles. The quantitative estimate of drug-likeness (QED) is 0.684. The first kappa shape index (κ1) is 10.9. The Bertz CT molecular complexity index is 1500. The van der Waals surface area contributed by atoms with Gasteiger partial charge in [0.15, 0.2) is 11.5 Å². The Hall–Kier alpha value is -3.48. The number of fused-ring (bicyclic) bond motifs is 5. The number of benzene rings is 2. The van der Waals surface area contributed by atoms with Gasteiger partial charge in [-0.1, -0.05) is 24.2 Å². The number of ether oxygens (including phenoxy) is 2. The lowest BCUT2D eigenvalue weighted by molar-refractivity contribution is -0.157. The van der Waals surface area contributed by atoms with E-state index in [9.17, 15) is 9.59 Å². The van der Waals surface area contributed by atoms with Gasteiger partial charge in [0.2, 0.25) is 18.6 Å². The summed E-state index contributed by atoms with van der Waals surface area (Å²) in [6.07, 6.45) is -2.45. The van der Waals surface area contributed by atoms with Crippen molar-refractivity contribution in [3.05, 3.63) is 59.2 Å². The zero-order chi connectivity index (χ0) is 25.9. The molecule has 1 saturated heterocycles. The van der Waals surface area contributed by atoms with Crippen LogP contribution in [0.4, 0.5) is 0 Å². The molecule has 0 spiro atoms. The molecule has 1 aromatic heterocycles. The second kappa shape index (κ2) is 5.76. The minimum Gasteiger partial charge on any atom is -0.454 e. The van der Waals surface area contributed by atoms with E-state index in [-0.39, 0.29) is 41.2 Å². The summed E-state index contributed by atoms with van der Waals surface area (Å²) in [5.74, 6) is -2.36. The molecule has 7 nitrogen and oxygen atoms in total. The predicted molar refractivity (Wildman–Crippen MR) is 105 cm³/mol. The summed E-state index contributed by atoms with van der Waals surface area (Å²) >= 11 is 0. The SMILES string of the molecule is [2H]c1c([2H])c(C2c3[nH]c4ccccc4c3C([2H])([2H])[C@@H]3C(=O)N(C)C([2H])([2H])C(=O)N23)c([2H])c2c1OCO2. The molecule has 2 aromatic carbocycles. The maximum absolute atomic E-state index is 13.6. The second-order valence-electron chi connectivity index (χ2n) is 6.98. The van der Waals surface area contributed by atoms with Crippen LogP contribution in [0.5, 0.6) is 11.5 Å². The number of piperazine rings is 1. The lowest BCUT2D eigenvalue weighted by Gasteiger charge is -2.46. The standard InChI is InChI=1S/C22H19N3O4/c1-24-10-19(26)25-16(22(24)27)9-14-13-4-2-3-5-15(13)23-20(14)21(25)12-6-7-17-18(8-12)29-11-28-17/h2-8,16,21,23H,9-11H2,1H3/t16-,21?/m1/s1/i6D,7D,8D,9D2,10D2. The second-order valence-corrected chi connectivity index (χ2v) is 6.98. The van der Waals surface area contributed by atoms with Crippen LogP contribution in [-0.4, -0.2) is 53.0 Å². The van der Waals surface area contributed by atoms with Gasteiger partial charge in [-0.25, -0.2) is 0 Å². The van der Waals surface area contributed by atoms with Crippen LogP contribution in [0.25, 0.3) is 10.9 Å². The molecule has 3 aromatic rings. The van der Waals surface area contributed by atoms with E-state index in [0.29, 0.717) is 15.8 Å². The number of carbonyl (C=O) groups is 2. The summed E-state index contributed by atoms with van der Waals surface area (Å²) in [6.45, 7) is -3.08. The Kier molecular flexibility index (Phi) is 2.17. The van der Waals surface area contributed by atoms with Gasteiger partial charge in [-0.2, -0.15) is 0 Å². The van der Waals surface area contributed by atoms with Crippen LogP contribution in [0, 0.1) is 0 Å². The molecule has 2 amide bonds. The van der Waals surface area contributed by atoms with E-state index in [1.807, 2.05) is 0 Å². The van der Waals surface area contributed by atoms with E-state index in [1.54, 1.807) is 24.3 Å². The highest BCUT2D eigenvalue weighted by atomic mass is 16.7. The number of carbonyl (C=O) groups excluding carboxylic acids is 2. The topological polar surface area (TPSA) is 74.9 Å². The first-order valence-corrected chi connectivity index (χ1v) is 9.01. The summed E-state index contributed by atoms with van der Waals surface area (Å²) in [4.78, 5) is 31.6.